The molecule has 4 rings (SSSR count). The van der Waals surface area contributed by atoms with Crippen LogP contribution in [0.3, 0.4) is 0 Å². The average molecular weight is 416 g/mol. The van der Waals surface area contributed by atoms with Crippen molar-refractivity contribution in [3.05, 3.63) is 88.1 Å². The minimum Gasteiger partial charge on any atom is -0.497 e. The molecule has 0 spiro atoms. The quantitative estimate of drug-likeness (QED) is 0.524. The summed E-state index contributed by atoms with van der Waals surface area (Å²) in [6.45, 7) is 4.32. The topological polar surface area (TPSA) is 78.2 Å². The second kappa shape index (κ2) is 8.47. The Labute approximate surface area is 179 Å². The molecule has 7 nitrogen and oxygen atoms in total. The van der Waals surface area contributed by atoms with E-state index in [1.807, 2.05) is 73.0 Å². The van der Waals surface area contributed by atoms with Crippen LogP contribution in [0.4, 0.5) is 0 Å². The van der Waals surface area contributed by atoms with E-state index in [-0.39, 0.29) is 18.0 Å². The molecule has 31 heavy (non-hydrogen) atoms. The summed E-state index contributed by atoms with van der Waals surface area (Å²) < 4.78 is 8.41. The number of benzene rings is 2. The number of aryl methyl sites for hydroxylation is 2. The number of nitrogens with one attached hydrogen (secondary N) is 1. The molecule has 158 valence electrons. The number of hydrogen-bond acceptors (Lipinski definition) is 4. The Hall–Kier alpha value is -3.87. The SMILES string of the molecule is COc1ccc(CNC(=O)Cn2c(C)c3cnn(-c4ccccc4)c(=O)c3c2C)cc1. The van der Waals surface area contributed by atoms with Gasteiger partial charge in [0.2, 0.25) is 5.91 Å². The molecular formula is C24H24N4O3. The fourth-order valence-corrected chi connectivity index (χ4v) is 3.74. The summed E-state index contributed by atoms with van der Waals surface area (Å²) in [5, 5.41) is 8.62. The van der Waals surface area contributed by atoms with Crippen LogP contribution < -0.4 is 15.6 Å². The monoisotopic (exact) mass is 416 g/mol. The first kappa shape index (κ1) is 20.4. The summed E-state index contributed by atoms with van der Waals surface area (Å²) in [4.78, 5) is 25.7. The van der Waals surface area contributed by atoms with Gasteiger partial charge in [0, 0.05) is 23.3 Å². The van der Waals surface area contributed by atoms with Gasteiger partial charge in [-0.25, -0.2) is 0 Å². The van der Waals surface area contributed by atoms with Crippen LogP contribution in [0, 0.1) is 13.8 Å². The molecule has 7 heteroatoms. The van der Waals surface area contributed by atoms with Gasteiger partial charge in [0.25, 0.3) is 5.56 Å². The lowest BCUT2D eigenvalue weighted by Crippen LogP contribution is -2.28. The van der Waals surface area contributed by atoms with Crippen LogP contribution in [0.25, 0.3) is 16.5 Å². The van der Waals surface area contributed by atoms with Crippen LogP contribution in [0.5, 0.6) is 5.75 Å². The summed E-state index contributed by atoms with van der Waals surface area (Å²) in [5.74, 6) is 0.647. The Balaban J connectivity index is 1.58. The molecule has 0 unspecified atom stereocenters. The molecule has 0 radical (unpaired) electrons. The summed E-state index contributed by atoms with van der Waals surface area (Å²) in [6, 6.07) is 16.8. The lowest BCUT2D eigenvalue weighted by atomic mass is 10.2. The van der Waals surface area contributed by atoms with Gasteiger partial charge in [-0.3, -0.25) is 9.59 Å². The van der Waals surface area contributed by atoms with Gasteiger partial charge in [0.05, 0.1) is 24.4 Å². The van der Waals surface area contributed by atoms with Crippen molar-refractivity contribution in [1.29, 1.82) is 0 Å². The van der Waals surface area contributed by atoms with E-state index in [1.54, 1.807) is 13.3 Å². The molecule has 0 aliphatic rings. The molecule has 0 fully saturated rings. The minimum absolute atomic E-state index is 0.126. The summed E-state index contributed by atoms with van der Waals surface area (Å²) in [6.07, 6.45) is 1.69. The van der Waals surface area contributed by atoms with E-state index in [0.29, 0.717) is 17.6 Å². The van der Waals surface area contributed by atoms with E-state index in [9.17, 15) is 9.59 Å². The first-order valence-corrected chi connectivity index (χ1v) is 10.0. The highest BCUT2D eigenvalue weighted by Crippen LogP contribution is 2.22. The number of amides is 1. The van der Waals surface area contributed by atoms with Crippen molar-refractivity contribution in [2.24, 2.45) is 0 Å². The Bertz CT molecular complexity index is 1290. The number of aromatic nitrogens is 3. The second-order valence-electron chi connectivity index (χ2n) is 7.37. The Morgan fingerprint density at radius 1 is 1.03 bits per heavy atom. The highest BCUT2D eigenvalue weighted by Gasteiger charge is 2.18. The van der Waals surface area contributed by atoms with Gasteiger partial charge in [-0.1, -0.05) is 30.3 Å². The van der Waals surface area contributed by atoms with Crippen molar-refractivity contribution in [2.45, 2.75) is 26.9 Å². The third kappa shape index (κ3) is 3.94. The van der Waals surface area contributed by atoms with Crippen LogP contribution in [-0.4, -0.2) is 27.4 Å². The number of para-hydroxylation sites is 1. The maximum absolute atomic E-state index is 13.1. The molecule has 2 aromatic heterocycles. The van der Waals surface area contributed by atoms with Crippen LogP contribution in [0.15, 0.2) is 65.6 Å². The molecule has 4 aromatic rings. The normalized spacial score (nSPS) is 10.9. The summed E-state index contributed by atoms with van der Waals surface area (Å²) >= 11 is 0. The van der Waals surface area contributed by atoms with Crippen molar-refractivity contribution in [1.82, 2.24) is 19.7 Å². The summed E-state index contributed by atoms with van der Waals surface area (Å²) in [5.41, 5.74) is 3.09. The van der Waals surface area contributed by atoms with E-state index < -0.39 is 0 Å². The number of rotatable bonds is 6. The minimum atomic E-state index is -0.193. The van der Waals surface area contributed by atoms with E-state index in [0.717, 1.165) is 28.1 Å². The first-order chi connectivity index (χ1) is 15.0. The largest absolute Gasteiger partial charge is 0.497 e. The summed E-state index contributed by atoms with van der Waals surface area (Å²) in [7, 11) is 1.62. The number of nitrogens with zero attached hydrogens (tertiary/aromatic N) is 3. The second-order valence-corrected chi connectivity index (χ2v) is 7.37. The first-order valence-electron chi connectivity index (χ1n) is 10.0. The van der Waals surface area contributed by atoms with Crippen molar-refractivity contribution in [3.8, 4) is 11.4 Å². The number of carbonyl (C=O) groups excluding carboxylic acids is 1. The van der Waals surface area contributed by atoms with Crippen LogP contribution >= 0.6 is 0 Å². The Kier molecular flexibility index (Phi) is 5.58. The van der Waals surface area contributed by atoms with Crippen molar-refractivity contribution in [2.75, 3.05) is 7.11 Å². The van der Waals surface area contributed by atoms with Crippen molar-refractivity contribution >= 4 is 16.7 Å². The van der Waals surface area contributed by atoms with Gasteiger partial charge in [0.15, 0.2) is 0 Å². The molecular weight excluding hydrogens is 392 g/mol. The Morgan fingerprint density at radius 2 is 1.74 bits per heavy atom. The predicted molar refractivity (Wildman–Crippen MR) is 120 cm³/mol. The van der Waals surface area contributed by atoms with Gasteiger partial charge in [-0.05, 0) is 43.7 Å². The molecule has 1 amide bonds. The highest BCUT2D eigenvalue weighted by atomic mass is 16.5. The standard InChI is InChI=1S/C24H24N4O3/c1-16-21-14-26-28(19-7-5-4-6-8-19)24(30)23(21)17(2)27(16)15-22(29)25-13-18-9-11-20(31-3)12-10-18/h4-12,14H,13,15H2,1-3H3,(H,25,29). The average Bonchev–Trinajstić information content (AvgIpc) is 3.04. The third-order valence-electron chi connectivity index (χ3n) is 5.49. The number of ether oxygens (including phenoxy) is 1. The van der Waals surface area contributed by atoms with Crippen LogP contribution in [-0.2, 0) is 17.9 Å². The molecule has 2 aromatic carbocycles. The zero-order valence-corrected chi connectivity index (χ0v) is 17.8. The van der Waals surface area contributed by atoms with Crippen molar-refractivity contribution < 1.29 is 9.53 Å². The molecule has 0 saturated heterocycles. The van der Waals surface area contributed by atoms with E-state index in [2.05, 4.69) is 10.4 Å². The van der Waals surface area contributed by atoms with E-state index in [1.165, 1.54) is 4.68 Å². The lowest BCUT2D eigenvalue weighted by Gasteiger charge is -2.10. The molecule has 0 atom stereocenters. The van der Waals surface area contributed by atoms with Crippen LogP contribution in [0.2, 0.25) is 0 Å². The smallest absolute Gasteiger partial charge is 0.281 e. The number of methoxy groups -OCH3 is 1. The molecule has 0 aliphatic carbocycles. The van der Waals surface area contributed by atoms with Crippen molar-refractivity contribution in [3.63, 3.8) is 0 Å². The molecule has 1 N–H and O–H groups in total. The maximum atomic E-state index is 13.1. The van der Waals surface area contributed by atoms with E-state index in [4.69, 9.17) is 4.74 Å². The molecule has 0 aliphatic heterocycles. The van der Waals surface area contributed by atoms with Gasteiger partial charge >= 0.3 is 0 Å². The van der Waals surface area contributed by atoms with Gasteiger partial charge in [-0.2, -0.15) is 9.78 Å². The molecule has 0 bridgehead atoms. The molecule has 0 saturated carbocycles. The predicted octanol–water partition coefficient (Wildman–Crippen LogP) is 3.13. The number of fused-ring (bicyclic) bond motifs is 1. The Morgan fingerprint density at radius 3 is 2.42 bits per heavy atom. The molecule has 2 heterocycles. The van der Waals surface area contributed by atoms with Gasteiger partial charge < -0.3 is 14.6 Å². The van der Waals surface area contributed by atoms with Gasteiger partial charge in [-0.15, -0.1) is 0 Å². The van der Waals surface area contributed by atoms with E-state index >= 15 is 0 Å². The fraction of sp³-hybridized carbons (Fsp3) is 0.208. The maximum Gasteiger partial charge on any atom is 0.281 e. The highest BCUT2D eigenvalue weighted by molar-refractivity contribution is 5.88. The lowest BCUT2D eigenvalue weighted by molar-refractivity contribution is -0.121. The fourth-order valence-electron chi connectivity index (χ4n) is 3.74. The third-order valence-corrected chi connectivity index (χ3v) is 5.49. The zero-order valence-electron chi connectivity index (χ0n) is 17.8. The number of hydrogen-bond donors (Lipinski definition) is 1. The number of carbonyl (C=O) groups is 1. The zero-order chi connectivity index (χ0) is 22.0. The van der Waals surface area contributed by atoms with Crippen LogP contribution in [0.1, 0.15) is 17.0 Å². The van der Waals surface area contributed by atoms with Gasteiger partial charge in [0.1, 0.15) is 12.3 Å².